The van der Waals surface area contributed by atoms with Crippen LogP contribution in [0.25, 0.3) is 0 Å². The van der Waals surface area contributed by atoms with Crippen molar-refractivity contribution in [3.63, 3.8) is 0 Å². The van der Waals surface area contributed by atoms with Crippen LogP contribution in [0.3, 0.4) is 0 Å². The SMILES string of the molecule is COc1cccc(C(=O)N2CCN3C(=O)OC[C@H]3C2)c1OCCCN. The van der Waals surface area contributed by atoms with E-state index in [0.717, 1.165) is 0 Å². The fraction of sp³-hybridized carbons (Fsp3) is 0.529. The van der Waals surface area contributed by atoms with Crippen LogP contribution in [0.1, 0.15) is 16.8 Å². The lowest BCUT2D eigenvalue weighted by molar-refractivity contribution is 0.0612. The maximum atomic E-state index is 13.0. The van der Waals surface area contributed by atoms with Crippen molar-refractivity contribution in [2.75, 3.05) is 46.5 Å². The molecule has 0 spiro atoms. The second kappa shape index (κ2) is 7.60. The minimum absolute atomic E-state index is 0.0857. The van der Waals surface area contributed by atoms with Crippen LogP contribution in [0.2, 0.25) is 0 Å². The molecule has 2 aliphatic heterocycles. The Balaban J connectivity index is 1.78. The molecule has 0 saturated carbocycles. The Labute approximate surface area is 146 Å². The highest BCUT2D eigenvalue weighted by molar-refractivity contribution is 5.98. The van der Waals surface area contributed by atoms with Gasteiger partial charge in [0.2, 0.25) is 0 Å². The first-order valence-corrected chi connectivity index (χ1v) is 8.38. The van der Waals surface area contributed by atoms with Crippen LogP contribution < -0.4 is 15.2 Å². The lowest BCUT2D eigenvalue weighted by atomic mass is 10.1. The molecular formula is C17H23N3O5. The zero-order valence-electron chi connectivity index (χ0n) is 14.3. The number of fused-ring (bicyclic) bond motifs is 1. The summed E-state index contributed by atoms with van der Waals surface area (Å²) in [4.78, 5) is 28.0. The van der Waals surface area contributed by atoms with Crippen molar-refractivity contribution >= 4 is 12.0 Å². The third-order valence-corrected chi connectivity index (χ3v) is 4.43. The van der Waals surface area contributed by atoms with E-state index in [-0.39, 0.29) is 18.0 Å². The van der Waals surface area contributed by atoms with Crippen LogP contribution in [0.15, 0.2) is 18.2 Å². The average Bonchev–Trinajstić information content (AvgIpc) is 3.01. The Morgan fingerprint density at radius 2 is 2.24 bits per heavy atom. The summed E-state index contributed by atoms with van der Waals surface area (Å²) >= 11 is 0. The number of carbonyl (C=O) groups is 2. The number of cyclic esters (lactones) is 1. The monoisotopic (exact) mass is 349 g/mol. The first-order valence-electron chi connectivity index (χ1n) is 8.38. The summed E-state index contributed by atoms with van der Waals surface area (Å²) in [6, 6.07) is 5.17. The summed E-state index contributed by atoms with van der Waals surface area (Å²) in [6.07, 6.45) is 0.385. The Kier molecular flexibility index (Phi) is 5.28. The second-order valence-corrected chi connectivity index (χ2v) is 6.00. The Morgan fingerprint density at radius 3 is 3.00 bits per heavy atom. The molecular weight excluding hydrogens is 326 g/mol. The van der Waals surface area contributed by atoms with E-state index in [1.54, 1.807) is 35.1 Å². The van der Waals surface area contributed by atoms with Gasteiger partial charge in [-0.2, -0.15) is 0 Å². The van der Waals surface area contributed by atoms with E-state index in [2.05, 4.69) is 0 Å². The molecule has 0 bridgehead atoms. The minimum atomic E-state index is -0.302. The maximum Gasteiger partial charge on any atom is 0.410 e. The van der Waals surface area contributed by atoms with E-state index in [9.17, 15) is 9.59 Å². The molecule has 1 atom stereocenters. The molecule has 2 saturated heterocycles. The van der Waals surface area contributed by atoms with Crippen molar-refractivity contribution in [1.29, 1.82) is 0 Å². The van der Waals surface area contributed by atoms with Crippen molar-refractivity contribution in [3.8, 4) is 11.5 Å². The Bertz CT molecular complexity index is 651. The van der Waals surface area contributed by atoms with E-state index < -0.39 is 0 Å². The molecule has 2 heterocycles. The number of nitrogens with two attached hydrogens (primary N) is 1. The van der Waals surface area contributed by atoms with Crippen molar-refractivity contribution in [2.45, 2.75) is 12.5 Å². The third-order valence-electron chi connectivity index (χ3n) is 4.43. The van der Waals surface area contributed by atoms with Crippen molar-refractivity contribution < 1.29 is 23.8 Å². The molecule has 3 rings (SSSR count). The number of carbonyl (C=O) groups excluding carboxylic acids is 2. The van der Waals surface area contributed by atoms with E-state index in [1.807, 2.05) is 0 Å². The van der Waals surface area contributed by atoms with Crippen molar-refractivity contribution in [3.05, 3.63) is 23.8 Å². The molecule has 2 amide bonds. The van der Waals surface area contributed by atoms with Gasteiger partial charge in [0.1, 0.15) is 6.61 Å². The van der Waals surface area contributed by atoms with Gasteiger partial charge in [-0.25, -0.2) is 4.79 Å². The van der Waals surface area contributed by atoms with E-state index >= 15 is 0 Å². The lowest BCUT2D eigenvalue weighted by Gasteiger charge is -2.35. The molecule has 0 radical (unpaired) electrons. The molecule has 1 aromatic carbocycles. The average molecular weight is 349 g/mol. The summed E-state index contributed by atoms with van der Waals surface area (Å²) in [5.74, 6) is 0.811. The molecule has 1 aromatic rings. The van der Waals surface area contributed by atoms with Crippen LogP contribution >= 0.6 is 0 Å². The lowest BCUT2D eigenvalue weighted by Crippen LogP contribution is -2.53. The highest BCUT2D eigenvalue weighted by Crippen LogP contribution is 2.32. The molecule has 25 heavy (non-hydrogen) atoms. The zero-order chi connectivity index (χ0) is 17.8. The smallest absolute Gasteiger partial charge is 0.410 e. The Morgan fingerprint density at radius 1 is 1.40 bits per heavy atom. The van der Waals surface area contributed by atoms with Crippen molar-refractivity contribution in [2.24, 2.45) is 5.73 Å². The summed E-state index contributed by atoms with van der Waals surface area (Å²) in [6.45, 7) is 2.63. The van der Waals surface area contributed by atoms with E-state index in [4.69, 9.17) is 19.9 Å². The zero-order valence-corrected chi connectivity index (χ0v) is 14.3. The van der Waals surface area contributed by atoms with Gasteiger partial charge in [0, 0.05) is 19.6 Å². The first kappa shape index (κ1) is 17.3. The first-order chi connectivity index (χ1) is 12.2. The van der Waals surface area contributed by atoms with Crippen LogP contribution in [0, 0.1) is 0 Å². The summed E-state index contributed by atoms with van der Waals surface area (Å²) < 4.78 is 16.2. The highest BCUT2D eigenvalue weighted by Gasteiger charge is 2.39. The van der Waals surface area contributed by atoms with Crippen LogP contribution in [0.5, 0.6) is 11.5 Å². The number of para-hydroxylation sites is 1. The fourth-order valence-electron chi connectivity index (χ4n) is 3.09. The molecule has 2 N–H and O–H groups in total. The number of rotatable bonds is 6. The van der Waals surface area contributed by atoms with Gasteiger partial charge in [-0.3, -0.25) is 9.69 Å². The predicted molar refractivity (Wildman–Crippen MR) is 89.9 cm³/mol. The van der Waals surface area contributed by atoms with Gasteiger partial charge >= 0.3 is 6.09 Å². The summed E-state index contributed by atoms with van der Waals surface area (Å²) in [7, 11) is 1.54. The van der Waals surface area contributed by atoms with Gasteiger partial charge in [0.15, 0.2) is 11.5 Å². The third kappa shape index (κ3) is 3.48. The van der Waals surface area contributed by atoms with Gasteiger partial charge in [-0.05, 0) is 25.1 Å². The van der Waals surface area contributed by atoms with Gasteiger partial charge in [-0.15, -0.1) is 0 Å². The number of amides is 2. The number of hydrogen-bond donors (Lipinski definition) is 1. The molecule has 2 fully saturated rings. The molecule has 8 heteroatoms. The van der Waals surface area contributed by atoms with Crippen LogP contribution in [-0.4, -0.2) is 74.3 Å². The summed E-state index contributed by atoms with van der Waals surface area (Å²) in [5.41, 5.74) is 5.96. The number of methoxy groups -OCH3 is 1. The highest BCUT2D eigenvalue weighted by atomic mass is 16.6. The van der Waals surface area contributed by atoms with Gasteiger partial charge in [-0.1, -0.05) is 6.07 Å². The standard InChI is InChI=1S/C17H23N3O5/c1-23-14-5-2-4-13(15(14)24-9-3-6-18)16(21)19-7-8-20-12(10-19)11-25-17(20)22/h2,4-5,12H,3,6-11,18H2,1H3/t12-/m1/s1. The number of nitrogens with zero attached hydrogens (tertiary/aromatic N) is 2. The predicted octanol–water partition coefficient (Wildman–Crippen LogP) is 0.699. The molecule has 0 unspecified atom stereocenters. The summed E-state index contributed by atoms with van der Waals surface area (Å²) in [5, 5.41) is 0. The maximum absolute atomic E-state index is 13.0. The molecule has 2 aliphatic rings. The van der Waals surface area contributed by atoms with E-state index in [1.165, 1.54) is 0 Å². The Hall–Kier alpha value is -2.48. The van der Waals surface area contributed by atoms with Gasteiger partial charge < -0.3 is 24.8 Å². The van der Waals surface area contributed by atoms with Crippen molar-refractivity contribution in [1.82, 2.24) is 9.80 Å². The molecule has 0 aromatic heterocycles. The second-order valence-electron chi connectivity index (χ2n) is 6.00. The normalized spacial score (nSPS) is 19.4. The fourth-order valence-corrected chi connectivity index (χ4v) is 3.09. The topological polar surface area (TPSA) is 94.3 Å². The minimum Gasteiger partial charge on any atom is -0.493 e. The quantitative estimate of drug-likeness (QED) is 0.760. The van der Waals surface area contributed by atoms with Gasteiger partial charge in [0.05, 0.1) is 25.3 Å². The largest absolute Gasteiger partial charge is 0.493 e. The number of piperazine rings is 1. The number of hydrogen-bond acceptors (Lipinski definition) is 6. The van der Waals surface area contributed by atoms with E-state index in [0.29, 0.717) is 62.9 Å². The number of ether oxygens (including phenoxy) is 3. The van der Waals surface area contributed by atoms with Gasteiger partial charge in [0.25, 0.3) is 5.91 Å². The van der Waals surface area contributed by atoms with Crippen LogP contribution in [0.4, 0.5) is 4.79 Å². The molecule has 0 aliphatic carbocycles. The number of benzene rings is 1. The van der Waals surface area contributed by atoms with Crippen LogP contribution in [-0.2, 0) is 4.74 Å². The molecule has 136 valence electrons. The molecule has 8 nitrogen and oxygen atoms in total.